The van der Waals surface area contributed by atoms with Gasteiger partial charge in [-0.25, -0.2) is 9.59 Å². The SMILES string of the molecule is O=C(O)/C=C\C(=O)O.OCC12CCC(C1)C1CCCC12CO.OCC12CCC(C1)C1CCCC12CO. The molecular formula is C28H44O8. The van der Waals surface area contributed by atoms with Crippen LogP contribution in [0.2, 0.25) is 0 Å². The van der Waals surface area contributed by atoms with Crippen molar-refractivity contribution in [1.82, 2.24) is 0 Å². The summed E-state index contributed by atoms with van der Waals surface area (Å²) in [5, 5.41) is 54.4. The number of carboxylic acids is 2. The molecule has 0 aliphatic heterocycles. The van der Waals surface area contributed by atoms with Gasteiger partial charge in [-0.2, -0.15) is 0 Å². The van der Waals surface area contributed by atoms with Crippen LogP contribution in [0.15, 0.2) is 12.2 Å². The number of rotatable bonds is 6. The zero-order valence-corrected chi connectivity index (χ0v) is 21.3. The molecule has 0 heterocycles. The Bertz CT molecular complexity index is 790. The van der Waals surface area contributed by atoms with Crippen LogP contribution in [-0.4, -0.2) is 69.0 Å². The lowest BCUT2D eigenvalue weighted by atomic mass is 9.60. The number of carbonyl (C=O) groups is 2. The predicted octanol–water partition coefficient (Wildman–Crippen LogP) is 2.83. The van der Waals surface area contributed by atoms with Gasteiger partial charge in [0, 0.05) is 60.2 Å². The average molecular weight is 509 g/mol. The highest BCUT2D eigenvalue weighted by atomic mass is 16.4. The van der Waals surface area contributed by atoms with E-state index >= 15 is 0 Å². The number of carboxylic acid groups (broad SMARTS) is 2. The molecule has 6 aliphatic rings. The van der Waals surface area contributed by atoms with E-state index in [2.05, 4.69) is 0 Å². The monoisotopic (exact) mass is 508 g/mol. The fraction of sp³-hybridized carbons (Fsp3) is 0.857. The van der Waals surface area contributed by atoms with Gasteiger partial charge in [-0.05, 0) is 87.9 Å². The minimum absolute atomic E-state index is 0.105. The van der Waals surface area contributed by atoms with E-state index in [-0.39, 0.29) is 21.7 Å². The Hall–Kier alpha value is -1.48. The Balaban J connectivity index is 0.000000133. The van der Waals surface area contributed by atoms with Gasteiger partial charge in [-0.3, -0.25) is 0 Å². The third-order valence-electron chi connectivity index (χ3n) is 11.8. The van der Waals surface area contributed by atoms with Gasteiger partial charge in [0.2, 0.25) is 0 Å². The zero-order valence-electron chi connectivity index (χ0n) is 21.3. The molecule has 4 bridgehead atoms. The van der Waals surface area contributed by atoms with Crippen molar-refractivity contribution < 1.29 is 40.2 Å². The first-order chi connectivity index (χ1) is 17.2. The third kappa shape index (κ3) is 4.03. The first-order valence-corrected chi connectivity index (χ1v) is 13.8. The maximum Gasteiger partial charge on any atom is 0.328 e. The normalized spacial score (nSPS) is 45.1. The van der Waals surface area contributed by atoms with Gasteiger partial charge in [0.05, 0.1) is 0 Å². The molecule has 0 aromatic rings. The molecular weight excluding hydrogens is 464 g/mol. The highest BCUT2D eigenvalue weighted by Gasteiger charge is 2.68. The van der Waals surface area contributed by atoms with Gasteiger partial charge in [-0.1, -0.05) is 12.8 Å². The Morgan fingerprint density at radius 3 is 1.31 bits per heavy atom. The molecule has 0 aromatic carbocycles. The molecule has 0 aromatic heterocycles. The molecule has 36 heavy (non-hydrogen) atoms. The largest absolute Gasteiger partial charge is 0.478 e. The van der Waals surface area contributed by atoms with Crippen molar-refractivity contribution in [3.05, 3.63) is 12.2 Å². The van der Waals surface area contributed by atoms with Gasteiger partial charge in [0.1, 0.15) is 0 Å². The minimum Gasteiger partial charge on any atom is -0.478 e. The molecule has 6 N–H and O–H groups in total. The smallest absolute Gasteiger partial charge is 0.328 e. The quantitative estimate of drug-likeness (QED) is 0.299. The second-order valence-corrected chi connectivity index (χ2v) is 12.5. The highest BCUT2D eigenvalue weighted by molar-refractivity contribution is 5.89. The molecule has 8 atom stereocenters. The molecule has 0 saturated heterocycles. The van der Waals surface area contributed by atoms with E-state index < -0.39 is 11.9 Å². The van der Waals surface area contributed by atoms with E-state index in [0.29, 0.717) is 38.6 Å². The second kappa shape index (κ2) is 10.4. The lowest BCUT2D eigenvalue weighted by Crippen LogP contribution is -2.45. The Labute approximate surface area is 213 Å². The van der Waals surface area contributed by atoms with E-state index in [1.54, 1.807) is 0 Å². The molecule has 6 saturated carbocycles. The molecule has 6 rings (SSSR count). The number of aliphatic carboxylic acids is 2. The maximum absolute atomic E-state index is 9.73. The van der Waals surface area contributed by atoms with Crippen molar-refractivity contribution in [2.75, 3.05) is 26.4 Å². The van der Waals surface area contributed by atoms with Crippen LogP contribution in [-0.2, 0) is 9.59 Å². The van der Waals surface area contributed by atoms with Gasteiger partial charge >= 0.3 is 11.9 Å². The van der Waals surface area contributed by atoms with Crippen LogP contribution in [0.3, 0.4) is 0 Å². The Morgan fingerprint density at radius 1 is 0.611 bits per heavy atom. The summed E-state index contributed by atoms with van der Waals surface area (Å²) in [6.07, 6.45) is 15.9. The third-order valence-corrected chi connectivity index (χ3v) is 11.8. The van der Waals surface area contributed by atoms with Gasteiger partial charge in [0.15, 0.2) is 0 Å². The summed E-state index contributed by atoms with van der Waals surface area (Å²) < 4.78 is 0. The lowest BCUT2D eigenvalue weighted by Gasteiger charge is -2.46. The number of fused-ring (bicyclic) bond motifs is 10. The summed E-state index contributed by atoms with van der Waals surface area (Å²) in [6, 6.07) is 0. The van der Waals surface area contributed by atoms with E-state index in [1.807, 2.05) is 0 Å². The van der Waals surface area contributed by atoms with Crippen LogP contribution in [0.4, 0.5) is 0 Å². The molecule has 204 valence electrons. The summed E-state index contributed by atoms with van der Waals surface area (Å²) in [4.78, 5) is 19.1. The molecule has 8 heteroatoms. The van der Waals surface area contributed by atoms with Crippen LogP contribution in [0, 0.1) is 45.3 Å². The summed E-state index contributed by atoms with van der Waals surface area (Å²) in [5.74, 6) is 0.579. The van der Waals surface area contributed by atoms with Crippen LogP contribution in [0.1, 0.15) is 77.0 Å². The molecule has 8 nitrogen and oxygen atoms in total. The fourth-order valence-electron chi connectivity index (χ4n) is 10.3. The molecule has 0 radical (unpaired) electrons. The van der Waals surface area contributed by atoms with Crippen molar-refractivity contribution in [3.8, 4) is 0 Å². The van der Waals surface area contributed by atoms with Crippen molar-refractivity contribution in [1.29, 1.82) is 0 Å². The first kappa shape index (κ1) is 27.6. The van der Waals surface area contributed by atoms with Crippen molar-refractivity contribution in [3.63, 3.8) is 0 Å². The molecule has 0 amide bonds. The van der Waals surface area contributed by atoms with E-state index in [9.17, 15) is 30.0 Å². The van der Waals surface area contributed by atoms with E-state index in [1.165, 1.54) is 51.4 Å². The van der Waals surface area contributed by atoms with Crippen molar-refractivity contribution in [2.24, 2.45) is 45.3 Å². The van der Waals surface area contributed by atoms with Crippen LogP contribution in [0.5, 0.6) is 0 Å². The average Bonchev–Trinajstić information content (AvgIpc) is 3.70. The molecule has 0 spiro atoms. The predicted molar refractivity (Wildman–Crippen MR) is 132 cm³/mol. The van der Waals surface area contributed by atoms with Gasteiger partial charge < -0.3 is 30.6 Å². The lowest BCUT2D eigenvalue weighted by molar-refractivity contribution is -0.134. The topological polar surface area (TPSA) is 156 Å². The number of hydrogen-bond donors (Lipinski definition) is 6. The van der Waals surface area contributed by atoms with Crippen LogP contribution >= 0.6 is 0 Å². The summed E-state index contributed by atoms with van der Waals surface area (Å²) in [6.45, 7) is 1.24. The van der Waals surface area contributed by atoms with Crippen LogP contribution in [0.25, 0.3) is 0 Å². The molecule has 6 fully saturated rings. The molecule has 8 unspecified atom stereocenters. The summed E-state index contributed by atoms with van der Waals surface area (Å²) in [5.41, 5.74) is 0.441. The fourth-order valence-corrected chi connectivity index (χ4v) is 10.3. The first-order valence-electron chi connectivity index (χ1n) is 13.8. The Kier molecular flexibility index (Phi) is 7.92. The summed E-state index contributed by atoms with van der Waals surface area (Å²) in [7, 11) is 0. The zero-order chi connectivity index (χ0) is 26.2. The van der Waals surface area contributed by atoms with E-state index in [0.717, 1.165) is 49.4 Å². The van der Waals surface area contributed by atoms with E-state index in [4.69, 9.17) is 10.2 Å². The van der Waals surface area contributed by atoms with Crippen LogP contribution < -0.4 is 0 Å². The van der Waals surface area contributed by atoms with Gasteiger partial charge in [0.25, 0.3) is 0 Å². The summed E-state index contributed by atoms with van der Waals surface area (Å²) >= 11 is 0. The molecule has 6 aliphatic carbocycles. The minimum atomic E-state index is -1.26. The number of hydrogen-bond acceptors (Lipinski definition) is 6. The Morgan fingerprint density at radius 2 is 1.00 bits per heavy atom. The highest BCUT2D eigenvalue weighted by Crippen LogP contribution is 2.73. The maximum atomic E-state index is 9.73. The number of aliphatic hydroxyl groups is 4. The van der Waals surface area contributed by atoms with Crippen molar-refractivity contribution in [2.45, 2.75) is 77.0 Å². The second-order valence-electron chi connectivity index (χ2n) is 12.5. The number of aliphatic hydroxyl groups excluding tert-OH is 4. The van der Waals surface area contributed by atoms with Crippen molar-refractivity contribution >= 4 is 11.9 Å². The van der Waals surface area contributed by atoms with Gasteiger partial charge in [-0.15, -0.1) is 0 Å². The standard InChI is InChI=1S/2C12H20O2.C4H4O4/c2*13-7-11-5-3-9(6-11)10-2-1-4-12(10,11)8-14;5-3(6)1-2-4(7)8/h2*9-10,13-14H,1-8H2;1-2H,(H,5,6)(H,7,8)/b;;2-1-.